The van der Waals surface area contributed by atoms with Crippen LogP contribution in [0.1, 0.15) is 40.0 Å². The van der Waals surface area contributed by atoms with Gasteiger partial charge in [0.25, 0.3) is 5.91 Å². The first-order valence-corrected chi connectivity index (χ1v) is 9.40. The van der Waals surface area contributed by atoms with Crippen molar-refractivity contribution >= 4 is 29.4 Å². The topological polar surface area (TPSA) is 83.9 Å². The molecule has 0 saturated carbocycles. The number of carbonyl (C=O) groups is 3. The number of carbonyl (C=O) groups excluding carboxylic acids is 2. The van der Waals surface area contributed by atoms with Crippen LogP contribution in [0.3, 0.4) is 0 Å². The van der Waals surface area contributed by atoms with Gasteiger partial charge < -0.3 is 14.7 Å². The Labute approximate surface area is 146 Å². The van der Waals surface area contributed by atoms with Crippen molar-refractivity contribution in [2.45, 2.75) is 51.5 Å². The molecule has 0 bridgehead atoms. The number of amides is 1. The molecule has 2 aliphatic rings. The van der Waals surface area contributed by atoms with E-state index in [1.54, 1.807) is 25.7 Å². The lowest BCUT2D eigenvalue weighted by atomic mass is 9.84. The first kappa shape index (κ1) is 19.0. The second-order valence-electron chi connectivity index (χ2n) is 7.22. The maximum Gasteiger partial charge on any atom is 0.308 e. The van der Waals surface area contributed by atoms with E-state index in [9.17, 15) is 19.5 Å². The number of Topliss-reactive ketones (excluding diaryl/α,β-unsaturated/α-hetero) is 1. The monoisotopic (exact) mass is 355 g/mol. The summed E-state index contributed by atoms with van der Waals surface area (Å²) < 4.78 is 5.61. The minimum Gasteiger partial charge on any atom is -0.481 e. The molecule has 0 unspecified atom stereocenters. The van der Waals surface area contributed by atoms with Gasteiger partial charge in [-0.05, 0) is 19.1 Å². The van der Waals surface area contributed by atoms with Crippen molar-refractivity contribution in [1.82, 2.24) is 4.90 Å². The van der Waals surface area contributed by atoms with Crippen molar-refractivity contribution in [1.29, 1.82) is 0 Å². The number of ketones is 1. The van der Waals surface area contributed by atoms with E-state index in [0.29, 0.717) is 18.7 Å². The van der Waals surface area contributed by atoms with Gasteiger partial charge in [0.1, 0.15) is 5.37 Å². The summed E-state index contributed by atoms with van der Waals surface area (Å²) in [5, 5.41) is 8.73. The molecule has 24 heavy (non-hydrogen) atoms. The highest BCUT2D eigenvalue weighted by Crippen LogP contribution is 2.38. The normalized spacial score (nSPS) is 24.8. The van der Waals surface area contributed by atoms with Gasteiger partial charge in [0, 0.05) is 29.7 Å². The third-order valence-electron chi connectivity index (χ3n) is 4.28. The van der Waals surface area contributed by atoms with E-state index in [4.69, 9.17) is 4.74 Å². The number of rotatable bonds is 6. The molecule has 1 amide bonds. The second-order valence-corrected chi connectivity index (χ2v) is 8.14. The molecular weight excluding hydrogens is 330 g/mol. The molecular formula is C17H25NO5S. The number of ether oxygens (including phenoxy) is 1. The lowest BCUT2D eigenvalue weighted by Gasteiger charge is -2.29. The molecule has 2 rings (SSSR count). The first-order valence-electron chi connectivity index (χ1n) is 8.11. The highest BCUT2D eigenvalue weighted by Gasteiger charge is 2.45. The predicted molar refractivity (Wildman–Crippen MR) is 91.7 cm³/mol. The fraction of sp³-hybridized carbons (Fsp3) is 0.706. The van der Waals surface area contributed by atoms with Crippen LogP contribution in [0.15, 0.2) is 11.1 Å². The van der Waals surface area contributed by atoms with E-state index < -0.39 is 23.2 Å². The molecule has 2 atom stereocenters. The van der Waals surface area contributed by atoms with E-state index in [-0.39, 0.29) is 23.4 Å². The minimum atomic E-state index is -1.10. The molecule has 0 radical (unpaired) electrons. The number of hydrogen-bond donors (Lipinski definition) is 1. The molecule has 7 heteroatoms. The van der Waals surface area contributed by atoms with Crippen molar-refractivity contribution < 1.29 is 24.2 Å². The Balaban J connectivity index is 2.38. The molecule has 0 aromatic rings. The molecule has 1 fully saturated rings. The van der Waals surface area contributed by atoms with Crippen LogP contribution in [0.4, 0.5) is 0 Å². The Bertz CT molecular complexity index is 572. The molecule has 0 aromatic heterocycles. The fourth-order valence-corrected chi connectivity index (χ4v) is 4.03. The molecule has 134 valence electrons. The van der Waals surface area contributed by atoms with Gasteiger partial charge in [-0.25, -0.2) is 0 Å². The summed E-state index contributed by atoms with van der Waals surface area (Å²) in [4.78, 5) is 38.5. The Morgan fingerprint density at radius 3 is 2.50 bits per heavy atom. The number of carboxylic acids is 1. The minimum absolute atomic E-state index is 0.0428. The third kappa shape index (κ3) is 3.83. The van der Waals surface area contributed by atoms with Gasteiger partial charge in [0.05, 0.1) is 12.5 Å². The van der Waals surface area contributed by atoms with Crippen molar-refractivity contribution in [2.75, 3.05) is 19.4 Å². The van der Waals surface area contributed by atoms with Crippen LogP contribution < -0.4 is 0 Å². The number of nitrogens with zero attached hydrogens (tertiary/aromatic N) is 1. The Morgan fingerprint density at radius 2 is 2.04 bits per heavy atom. The third-order valence-corrected chi connectivity index (χ3v) is 5.21. The Morgan fingerprint density at radius 1 is 1.38 bits per heavy atom. The number of carboxylic acid groups (broad SMARTS) is 1. The number of aliphatic carboxylic acids is 1. The molecule has 0 aliphatic carbocycles. The van der Waals surface area contributed by atoms with E-state index in [2.05, 4.69) is 0 Å². The maximum absolute atomic E-state index is 12.9. The molecule has 0 spiro atoms. The van der Waals surface area contributed by atoms with E-state index in [1.165, 1.54) is 11.8 Å². The maximum atomic E-state index is 12.9. The summed E-state index contributed by atoms with van der Waals surface area (Å²) in [5.74, 6) is -1.61. The quantitative estimate of drug-likeness (QED) is 0.785. The van der Waals surface area contributed by atoms with Crippen LogP contribution in [-0.2, 0) is 19.1 Å². The largest absolute Gasteiger partial charge is 0.481 e. The van der Waals surface area contributed by atoms with Crippen LogP contribution in [0.2, 0.25) is 0 Å². The molecule has 2 aliphatic heterocycles. The van der Waals surface area contributed by atoms with Gasteiger partial charge in [-0.2, -0.15) is 0 Å². The van der Waals surface area contributed by atoms with Gasteiger partial charge in [-0.3, -0.25) is 14.4 Å². The summed E-state index contributed by atoms with van der Waals surface area (Å²) in [5.41, 5.74) is -0.201. The zero-order valence-electron chi connectivity index (χ0n) is 14.6. The Kier molecular flexibility index (Phi) is 5.75. The smallest absolute Gasteiger partial charge is 0.308 e. The summed E-state index contributed by atoms with van der Waals surface area (Å²) >= 11 is 1.39. The van der Waals surface area contributed by atoms with Crippen molar-refractivity contribution in [3.63, 3.8) is 0 Å². The van der Waals surface area contributed by atoms with E-state index in [1.807, 2.05) is 6.26 Å². The second kappa shape index (κ2) is 7.27. The van der Waals surface area contributed by atoms with Crippen LogP contribution in [-0.4, -0.2) is 58.6 Å². The van der Waals surface area contributed by atoms with Crippen molar-refractivity contribution in [2.24, 2.45) is 5.41 Å². The lowest BCUT2D eigenvalue weighted by molar-refractivity contribution is -0.137. The number of hydrogen-bond acceptors (Lipinski definition) is 5. The van der Waals surface area contributed by atoms with Crippen LogP contribution in [0.25, 0.3) is 0 Å². The van der Waals surface area contributed by atoms with Crippen LogP contribution in [0.5, 0.6) is 0 Å². The van der Waals surface area contributed by atoms with Gasteiger partial charge in [0.2, 0.25) is 0 Å². The van der Waals surface area contributed by atoms with Gasteiger partial charge in [-0.15, -0.1) is 11.8 Å². The zero-order valence-corrected chi connectivity index (χ0v) is 15.4. The molecule has 0 aromatic carbocycles. The predicted octanol–water partition coefficient (Wildman–Crippen LogP) is 2.08. The SMILES string of the molecule is CS[C@H]1C(C(=O)C(C)(C)C)=C(CC(=O)O)C(=O)N1C[C@H]1CCCO1. The summed E-state index contributed by atoms with van der Waals surface area (Å²) in [6.45, 7) is 6.43. The lowest BCUT2D eigenvalue weighted by Crippen LogP contribution is -2.41. The van der Waals surface area contributed by atoms with Gasteiger partial charge >= 0.3 is 5.97 Å². The van der Waals surface area contributed by atoms with Crippen molar-refractivity contribution in [3.8, 4) is 0 Å². The average Bonchev–Trinajstić information content (AvgIpc) is 3.07. The van der Waals surface area contributed by atoms with Gasteiger partial charge in [-0.1, -0.05) is 20.8 Å². The first-order chi connectivity index (χ1) is 11.2. The standard InChI is InChI=1S/C17H25NO5S/c1-17(2,3)14(21)13-11(8-12(19)20)15(22)18(16(13)24-4)9-10-6-5-7-23-10/h10,16H,5-9H2,1-4H3,(H,19,20)/t10-,16+/m1/s1. The van der Waals surface area contributed by atoms with Crippen molar-refractivity contribution in [3.05, 3.63) is 11.1 Å². The molecule has 1 saturated heterocycles. The van der Waals surface area contributed by atoms with Crippen LogP contribution >= 0.6 is 11.8 Å². The average molecular weight is 355 g/mol. The zero-order chi connectivity index (χ0) is 18.1. The molecule has 6 nitrogen and oxygen atoms in total. The summed E-state index contributed by atoms with van der Waals surface area (Å²) in [6, 6.07) is 0. The summed E-state index contributed by atoms with van der Waals surface area (Å²) in [7, 11) is 0. The highest BCUT2D eigenvalue weighted by molar-refractivity contribution is 7.99. The fourth-order valence-electron chi connectivity index (χ4n) is 3.11. The van der Waals surface area contributed by atoms with E-state index in [0.717, 1.165) is 12.8 Å². The van der Waals surface area contributed by atoms with Gasteiger partial charge in [0.15, 0.2) is 5.78 Å². The highest BCUT2D eigenvalue weighted by atomic mass is 32.2. The van der Waals surface area contributed by atoms with Crippen LogP contribution in [0, 0.1) is 5.41 Å². The van der Waals surface area contributed by atoms with E-state index >= 15 is 0 Å². The Hall–Kier alpha value is -1.34. The molecule has 1 N–H and O–H groups in total. The molecule has 2 heterocycles. The number of thioether (sulfide) groups is 1. The summed E-state index contributed by atoms with van der Waals surface area (Å²) in [6.07, 6.45) is 3.20.